The van der Waals surface area contributed by atoms with E-state index >= 15 is 0 Å². The highest BCUT2D eigenvalue weighted by molar-refractivity contribution is 6.32. The van der Waals surface area contributed by atoms with Gasteiger partial charge in [-0.3, -0.25) is 0 Å². The first kappa shape index (κ1) is 10.1. The zero-order valence-electron chi connectivity index (χ0n) is 7.93. The Balaban J connectivity index is 2.72. The predicted octanol–water partition coefficient (Wildman–Crippen LogP) is 3.60. The van der Waals surface area contributed by atoms with E-state index in [1.807, 2.05) is 32.0 Å². The van der Waals surface area contributed by atoms with Gasteiger partial charge in [0.2, 0.25) is 0 Å². The number of halogens is 1. The van der Waals surface area contributed by atoms with Crippen molar-refractivity contribution in [3.63, 3.8) is 0 Å². The molecule has 13 heavy (non-hydrogen) atoms. The highest BCUT2D eigenvalue weighted by Gasteiger charge is 2.00. The number of ether oxygens (including phenoxy) is 1. The van der Waals surface area contributed by atoms with Crippen LogP contribution in [0.3, 0.4) is 0 Å². The van der Waals surface area contributed by atoms with Crippen molar-refractivity contribution in [2.45, 2.75) is 13.8 Å². The van der Waals surface area contributed by atoms with E-state index < -0.39 is 0 Å². The third kappa shape index (κ3) is 3.11. The Kier molecular flexibility index (Phi) is 3.38. The number of rotatable bonds is 3. The molecule has 1 aromatic rings. The van der Waals surface area contributed by atoms with Crippen LogP contribution in [-0.4, -0.2) is 6.61 Å². The van der Waals surface area contributed by atoms with Crippen LogP contribution in [0.2, 0.25) is 5.02 Å². The number of hydrogen-bond acceptors (Lipinski definition) is 1. The highest BCUT2D eigenvalue weighted by Crippen LogP contribution is 2.25. The summed E-state index contributed by atoms with van der Waals surface area (Å²) in [6.07, 6.45) is 0. The quantitative estimate of drug-likeness (QED) is 0.672. The lowest BCUT2D eigenvalue weighted by Gasteiger charge is -2.07. The van der Waals surface area contributed by atoms with Crippen LogP contribution in [0.15, 0.2) is 30.4 Å². The molecule has 2 heteroatoms. The maximum atomic E-state index is 5.96. The van der Waals surface area contributed by atoms with Crippen molar-refractivity contribution in [2.75, 3.05) is 6.61 Å². The second kappa shape index (κ2) is 4.33. The van der Waals surface area contributed by atoms with E-state index in [1.54, 1.807) is 0 Å². The zero-order chi connectivity index (χ0) is 9.84. The molecular formula is C11H13ClO. The summed E-state index contributed by atoms with van der Waals surface area (Å²) < 4.78 is 5.42. The van der Waals surface area contributed by atoms with Crippen LogP contribution < -0.4 is 4.74 Å². The van der Waals surface area contributed by atoms with Crippen molar-refractivity contribution >= 4 is 11.6 Å². The van der Waals surface area contributed by atoms with Crippen LogP contribution in [0.1, 0.15) is 12.5 Å². The molecule has 0 bridgehead atoms. The van der Waals surface area contributed by atoms with E-state index in [9.17, 15) is 0 Å². The molecule has 1 rings (SSSR count). The lowest BCUT2D eigenvalue weighted by molar-refractivity contribution is 0.353. The van der Waals surface area contributed by atoms with Crippen LogP contribution in [0.4, 0.5) is 0 Å². The van der Waals surface area contributed by atoms with Gasteiger partial charge < -0.3 is 4.74 Å². The molecule has 70 valence electrons. The molecular weight excluding hydrogens is 184 g/mol. The third-order valence-electron chi connectivity index (χ3n) is 1.56. The molecule has 0 fully saturated rings. The van der Waals surface area contributed by atoms with Crippen LogP contribution in [0.25, 0.3) is 0 Å². The van der Waals surface area contributed by atoms with Gasteiger partial charge >= 0.3 is 0 Å². The summed E-state index contributed by atoms with van der Waals surface area (Å²) in [7, 11) is 0. The Bertz CT molecular complexity index is 318. The Hall–Kier alpha value is -0.950. The van der Waals surface area contributed by atoms with Crippen molar-refractivity contribution in [3.05, 3.63) is 40.9 Å². The summed E-state index contributed by atoms with van der Waals surface area (Å²) in [5.41, 5.74) is 2.12. The fraction of sp³-hybridized carbons (Fsp3) is 0.273. The van der Waals surface area contributed by atoms with E-state index in [0.29, 0.717) is 11.6 Å². The first-order valence-corrected chi connectivity index (χ1v) is 4.50. The maximum Gasteiger partial charge on any atom is 0.138 e. The van der Waals surface area contributed by atoms with Gasteiger partial charge in [0.1, 0.15) is 12.4 Å². The topological polar surface area (TPSA) is 9.23 Å². The van der Waals surface area contributed by atoms with Crippen molar-refractivity contribution in [3.8, 4) is 5.75 Å². The minimum Gasteiger partial charge on any atom is -0.488 e. The summed E-state index contributed by atoms with van der Waals surface area (Å²) in [4.78, 5) is 0. The van der Waals surface area contributed by atoms with Crippen LogP contribution in [0.5, 0.6) is 5.75 Å². The predicted molar refractivity (Wildman–Crippen MR) is 56.5 cm³/mol. The van der Waals surface area contributed by atoms with Crippen molar-refractivity contribution in [2.24, 2.45) is 0 Å². The van der Waals surface area contributed by atoms with E-state index in [2.05, 4.69) is 6.58 Å². The minimum atomic E-state index is 0.517. The summed E-state index contributed by atoms with van der Waals surface area (Å²) in [5.74, 6) is 0.718. The lowest BCUT2D eigenvalue weighted by atomic mass is 10.2. The van der Waals surface area contributed by atoms with E-state index in [4.69, 9.17) is 16.3 Å². The second-order valence-corrected chi connectivity index (χ2v) is 3.59. The Labute approximate surface area is 84.0 Å². The second-order valence-electron chi connectivity index (χ2n) is 3.18. The lowest BCUT2D eigenvalue weighted by Crippen LogP contribution is -1.97. The first-order chi connectivity index (χ1) is 6.09. The monoisotopic (exact) mass is 196 g/mol. The molecule has 0 saturated carbocycles. The van der Waals surface area contributed by atoms with E-state index in [1.165, 1.54) is 0 Å². The van der Waals surface area contributed by atoms with Gasteiger partial charge in [0.05, 0.1) is 5.02 Å². The fourth-order valence-corrected chi connectivity index (χ4v) is 1.21. The van der Waals surface area contributed by atoms with Crippen LogP contribution in [-0.2, 0) is 0 Å². The number of benzene rings is 1. The van der Waals surface area contributed by atoms with Crippen LogP contribution >= 0.6 is 11.6 Å². The van der Waals surface area contributed by atoms with E-state index in [-0.39, 0.29) is 0 Å². The molecule has 0 aliphatic carbocycles. The van der Waals surface area contributed by atoms with E-state index in [0.717, 1.165) is 16.9 Å². The fourth-order valence-electron chi connectivity index (χ4n) is 0.924. The third-order valence-corrected chi connectivity index (χ3v) is 1.86. The highest BCUT2D eigenvalue weighted by atomic mass is 35.5. The molecule has 0 amide bonds. The summed E-state index contributed by atoms with van der Waals surface area (Å²) >= 11 is 5.96. The van der Waals surface area contributed by atoms with Gasteiger partial charge in [-0.25, -0.2) is 0 Å². The summed E-state index contributed by atoms with van der Waals surface area (Å²) in [6.45, 7) is 8.18. The van der Waals surface area contributed by atoms with Gasteiger partial charge in [-0.1, -0.05) is 24.2 Å². The van der Waals surface area contributed by atoms with Gasteiger partial charge in [-0.2, -0.15) is 0 Å². The van der Waals surface area contributed by atoms with Crippen LogP contribution in [0, 0.1) is 6.92 Å². The average molecular weight is 197 g/mol. The molecule has 1 nitrogen and oxygen atoms in total. The number of aryl methyl sites for hydroxylation is 1. The molecule has 0 aliphatic heterocycles. The van der Waals surface area contributed by atoms with Crippen molar-refractivity contribution in [1.82, 2.24) is 0 Å². The molecule has 0 aromatic heterocycles. The average Bonchev–Trinajstić information content (AvgIpc) is 2.02. The Morgan fingerprint density at radius 3 is 2.77 bits per heavy atom. The van der Waals surface area contributed by atoms with Gasteiger partial charge in [-0.15, -0.1) is 0 Å². The molecule has 0 N–H and O–H groups in total. The number of hydrogen-bond donors (Lipinski definition) is 0. The molecule has 0 heterocycles. The molecule has 0 radical (unpaired) electrons. The first-order valence-electron chi connectivity index (χ1n) is 4.13. The Morgan fingerprint density at radius 2 is 2.23 bits per heavy atom. The zero-order valence-corrected chi connectivity index (χ0v) is 8.69. The smallest absolute Gasteiger partial charge is 0.138 e. The summed E-state index contributed by atoms with van der Waals surface area (Å²) in [5, 5.41) is 0.654. The SMILES string of the molecule is C=C(C)COc1ccc(C)cc1Cl. The normalized spacial score (nSPS) is 9.77. The molecule has 1 aromatic carbocycles. The standard InChI is InChI=1S/C11H13ClO/c1-8(2)7-13-11-5-4-9(3)6-10(11)12/h4-6H,1,7H2,2-3H3. The van der Waals surface area contributed by atoms with Crippen molar-refractivity contribution < 1.29 is 4.74 Å². The molecule has 0 saturated heterocycles. The van der Waals surface area contributed by atoms with Gasteiger partial charge in [-0.05, 0) is 37.1 Å². The van der Waals surface area contributed by atoms with Gasteiger partial charge in [0.15, 0.2) is 0 Å². The largest absolute Gasteiger partial charge is 0.488 e. The molecule has 0 atom stereocenters. The molecule has 0 spiro atoms. The molecule has 0 aliphatic rings. The van der Waals surface area contributed by atoms with Crippen molar-refractivity contribution in [1.29, 1.82) is 0 Å². The molecule has 0 unspecified atom stereocenters. The van der Waals surface area contributed by atoms with Gasteiger partial charge in [0, 0.05) is 0 Å². The Morgan fingerprint density at radius 1 is 1.54 bits per heavy atom. The minimum absolute atomic E-state index is 0.517. The summed E-state index contributed by atoms with van der Waals surface area (Å²) in [6, 6.07) is 5.73. The van der Waals surface area contributed by atoms with Gasteiger partial charge in [0.25, 0.3) is 0 Å². The maximum absolute atomic E-state index is 5.96.